The molecule has 0 spiro atoms. The maximum absolute atomic E-state index is 10.9. The van der Waals surface area contributed by atoms with Crippen LogP contribution in [-0.2, 0) is 9.53 Å². The Morgan fingerprint density at radius 1 is 1.64 bits per heavy atom. The average Bonchev–Trinajstić information content (AvgIpc) is 1.86. The molecule has 0 aliphatic carbocycles. The molecule has 0 bridgehead atoms. The van der Waals surface area contributed by atoms with Crippen LogP contribution in [0.15, 0.2) is 0 Å². The van der Waals surface area contributed by atoms with Crippen molar-refractivity contribution in [1.82, 2.24) is 0 Å². The molecule has 1 unspecified atom stereocenters. The van der Waals surface area contributed by atoms with Crippen molar-refractivity contribution in [2.75, 3.05) is 0 Å². The Labute approximate surface area is 67.9 Å². The van der Waals surface area contributed by atoms with Crippen LogP contribution in [0.3, 0.4) is 0 Å². The lowest BCUT2D eigenvalue weighted by Gasteiger charge is -2.28. The Balaban J connectivity index is 4.01. The fourth-order valence-electron chi connectivity index (χ4n) is 0.459. The van der Waals surface area contributed by atoms with E-state index in [1.807, 2.05) is 20.8 Å². The Kier molecular flexibility index (Phi) is 3.52. The van der Waals surface area contributed by atoms with Crippen molar-refractivity contribution in [3.8, 4) is 0 Å². The monoisotopic (exact) mass is 159 g/mol. The van der Waals surface area contributed by atoms with Crippen molar-refractivity contribution in [3.63, 3.8) is 0 Å². The van der Waals surface area contributed by atoms with Gasteiger partial charge in [0.15, 0.2) is 0 Å². The van der Waals surface area contributed by atoms with Crippen LogP contribution in [0.2, 0.25) is 0 Å². The van der Waals surface area contributed by atoms with Gasteiger partial charge in [-0.25, -0.2) is 0 Å². The second-order valence-corrected chi connectivity index (χ2v) is 3.22. The highest BCUT2D eigenvalue weighted by atomic mass is 16.6. The van der Waals surface area contributed by atoms with Crippen LogP contribution in [0.1, 0.15) is 34.1 Å². The maximum Gasteiger partial charge on any atom is 0.306 e. The molecule has 0 aromatic heterocycles. The number of nitrogens with two attached hydrogens (primary N) is 1. The number of carbonyl (C=O) groups excluding carboxylic acids is 1. The third-order valence-electron chi connectivity index (χ3n) is 1.76. The van der Waals surface area contributed by atoms with Crippen molar-refractivity contribution >= 4 is 5.97 Å². The first-order valence-electron chi connectivity index (χ1n) is 3.87. The van der Waals surface area contributed by atoms with Gasteiger partial charge in [-0.15, -0.1) is 0 Å². The molecule has 0 saturated carbocycles. The SMILES string of the molecule is CCC(=O)OC(C)(C)C(C)N. The number of esters is 1. The first-order valence-corrected chi connectivity index (χ1v) is 3.87. The van der Waals surface area contributed by atoms with Crippen molar-refractivity contribution < 1.29 is 9.53 Å². The molecule has 0 heterocycles. The molecule has 0 fully saturated rings. The summed E-state index contributed by atoms with van der Waals surface area (Å²) in [6, 6.07) is -0.141. The molecule has 3 heteroatoms. The number of hydrogen-bond donors (Lipinski definition) is 1. The summed E-state index contributed by atoms with van der Waals surface area (Å²) in [4.78, 5) is 10.9. The van der Waals surface area contributed by atoms with Gasteiger partial charge in [-0.2, -0.15) is 0 Å². The molecular weight excluding hydrogens is 142 g/mol. The largest absolute Gasteiger partial charge is 0.458 e. The first kappa shape index (κ1) is 10.4. The maximum atomic E-state index is 10.9. The Bertz CT molecular complexity index is 141. The van der Waals surface area contributed by atoms with Gasteiger partial charge in [0.05, 0.1) is 0 Å². The minimum Gasteiger partial charge on any atom is -0.458 e. The summed E-state index contributed by atoms with van der Waals surface area (Å²) >= 11 is 0. The topological polar surface area (TPSA) is 52.3 Å². The molecule has 0 aliphatic rings. The van der Waals surface area contributed by atoms with Crippen LogP contribution >= 0.6 is 0 Å². The van der Waals surface area contributed by atoms with E-state index in [-0.39, 0.29) is 12.0 Å². The van der Waals surface area contributed by atoms with Gasteiger partial charge in [0.25, 0.3) is 0 Å². The van der Waals surface area contributed by atoms with E-state index in [2.05, 4.69) is 0 Å². The van der Waals surface area contributed by atoms with Gasteiger partial charge in [-0.05, 0) is 20.8 Å². The number of carbonyl (C=O) groups is 1. The minimum atomic E-state index is -0.549. The van der Waals surface area contributed by atoms with Crippen LogP contribution in [0.25, 0.3) is 0 Å². The number of ether oxygens (including phenoxy) is 1. The Morgan fingerprint density at radius 3 is 2.36 bits per heavy atom. The van der Waals surface area contributed by atoms with Crippen LogP contribution < -0.4 is 5.73 Å². The lowest BCUT2D eigenvalue weighted by atomic mass is 10.0. The van der Waals surface area contributed by atoms with E-state index in [1.54, 1.807) is 6.92 Å². The molecule has 0 saturated heterocycles. The second kappa shape index (κ2) is 3.72. The molecule has 0 amide bonds. The molecule has 1 atom stereocenters. The van der Waals surface area contributed by atoms with E-state index in [0.717, 1.165) is 0 Å². The highest BCUT2D eigenvalue weighted by Crippen LogP contribution is 2.13. The quantitative estimate of drug-likeness (QED) is 0.626. The third-order valence-corrected chi connectivity index (χ3v) is 1.76. The van der Waals surface area contributed by atoms with E-state index in [9.17, 15) is 4.79 Å². The zero-order chi connectivity index (χ0) is 9.07. The van der Waals surface area contributed by atoms with E-state index in [1.165, 1.54) is 0 Å². The number of hydrogen-bond acceptors (Lipinski definition) is 3. The molecule has 66 valence electrons. The third kappa shape index (κ3) is 3.37. The second-order valence-electron chi connectivity index (χ2n) is 3.22. The van der Waals surface area contributed by atoms with Gasteiger partial charge >= 0.3 is 5.97 Å². The fourth-order valence-corrected chi connectivity index (χ4v) is 0.459. The zero-order valence-corrected chi connectivity index (χ0v) is 7.68. The number of rotatable bonds is 3. The highest BCUT2D eigenvalue weighted by Gasteiger charge is 2.26. The summed E-state index contributed by atoms with van der Waals surface area (Å²) in [6.45, 7) is 7.21. The summed E-state index contributed by atoms with van der Waals surface area (Å²) in [5, 5.41) is 0. The summed E-state index contributed by atoms with van der Waals surface area (Å²) in [6.07, 6.45) is 0.399. The molecule has 11 heavy (non-hydrogen) atoms. The molecule has 0 radical (unpaired) electrons. The lowest BCUT2D eigenvalue weighted by Crippen LogP contribution is -2.44. The van der Waals surface area contributed by atoms with E-state index < -0.39 is 5.60 Å². The molecule has 0 aromatic rings. The van der Waals surface area contributed by atoms with Gasteiger partial charge in [0.1, 0.15) is 5.60 Å². The van der Waals surface area contributed by atoms with Crippen LogP contribution in [-0.4, -0.2) is 17.6 Å². The van der Waals surface area contributed by atoms with Gasteiger partial charge < -0.3 is 10.5 Å². The van der Waals surface area contributed by atoms with E-state index in [0.29, 0.717) is 6.42 Å². The van der Waals surface area contributed by atoms with E-state index in [4.69, 9.17) is 10.5 Å². The molecular formula is C8H17NO2. The minimum absolute atomic E-state index is 0.141. The van der Waals surface area contributed by atoms with Crippen molar-refractivity contribution in [1.29, 1.82) is 0 Å². The standard InChI is InChI=1S/C8H17NO2/c1-5-7(10)11-8(3,4)6(2)9/h6H,5,9H2,1-4H3. The van der Waals surface area contributed by atoms with E-state index >= 15 is 0 Å². The average molecular weight is 159 g/mol. The van der Waals surface area contributed by atoms with Gasteiger partial charge in [0, 0.05) is 12.5 Å². The molecule has 0 rings (SSSR count). The Morgan fingerprint density at radius 2 is 2.09 bits per heavy atom. The van der Waals surface area contributed by atoms with Gasteiger partial charge in [-0.3, -0.25) is 4.79 Å². The summed E-state index contributed by atoms with van der Waals surface area (Å²) in [7, 11) is 0. The van der Waals surface area contributed by atoms with Crippen molar-refractivity contribution in [2.45, 2.75) is 45.8 Å². The van der Waals surface area contributed by atoms with Crippen LogP contribution in [0, 0.1) is 0 Å². The molecule has 3 nitrogen and oxygen atoms in total. The molecule has 2 N–H and O–H groups in total. The smallest absolute Gasteiger partial charge is 0.306 e. The molecule has 0 aromatic carbocycles. The lowest BCUT2D eigenvalue weighted by molar-refractivity contribution is -0.157. The predicted molar refractivity (Wildman–Crippen MR) is 44.1 cm³/mol. The predicted octanol–water partition coefficient (Wildman–Crippen LogP) is 1.07. The Hall–Kier alpha value is -0.570. The van der Waals surface area contributed by atoms with Crippen LogP contribution in [0.4, 0.5) is 0 Å². The van der Waals surface area contributed by atoms with Crippen LogP contribution in [0.5, 0.6) is 0 Å². The first-order chi connectivity index (χ1) is 4.90. The highest BCUT2D eigenvalue weighted by molar-refractivity contribution is 5.69. The normalized spacial score (nSPS) is 14.3. The van der Waals surface area contributed by atoms with Gasteiger partial charge in [-0.1, -0.05) is 6.92 Å². The zero-order valence-electron chi connectivity index (χ0n) is 7.68. The fraction of sp³-hybridized carbons (Fsp3) is 0.875. The molecule has 0 aliphatic heterocycles. The summed E-state index contributed by atoms with van der Waals surface area (Å²) in [5.41, 5.74) is 5.05. The summed E-state index contributed by atoms with van der Waals surface area (Å²) in [5.74, 6) is -0.202. The summed E-state index contributed by atoms with van der Waals surface area (Å²) < 4.78 is 5.08. The van der Waals surface area contributed by atoms with Gasteiger partial charge in [0.2, 0.25) is 0 Å². The van der Waals surface area contributed by atoms with Crippen molar-refractivity contribution in [2.24, 2.45) is 5.73 Å². The van der Waals surface area contributed by atoms with Crippen molar-refractivity contribution in [3.05, 3.63) is 0 Å².